The molecule has 3 aromatic rings. The maximum absolute atomic E-state index is 13.4. The van der Waals surface area contributed by atoms with E-state index in [9.17, 15) is 13.2 Å². The fourth-order valence-corrected chi connectivity index (χ4v) is 5.46. The van der Waals surface area contributed by atoms with Gasteiger partial charge in [-0.15, -0.1) is 6.58 Å². The molecule has 1 aliphatic heterocycles. The van der Waals surface area contributed by atoms with Gasteiger partial charge in [-0.1, -0.05) is 23.7 Å². The molecular formula is C19H19ClN4O3S. The van der Waals surface area contributed by atoms with Crippen LogP contribution in [-0.2, 0) is 30.3 Å². The predicted molar refractivity (Wildman–Crippen MR) is 111 cm³/mol. The van der Waals surface area contributed by atoms with Crippen LogP contribution in [0.4, 0.5) is 5.69 Å². The summed E-state index contributed by atoms with van der Waals surface area (Å²) in [6, 6.07) is 6.71. The lowest BCUT2D eigenvalue weighted by molar-refractivity contribution is 0.391. The van der Waals surface area contributed by atoms with Crippen molar-refractivity contribution in [3.05, 3.63) is 75.8 Å². The summed E-state index contributed by atoms with van der Waals surface area (Å²) in [5, 5.41) is 1.34. The van der Waals surface area contributed by atoms with Crippen molar-refractivity contribution in [2.45, 2.75) is 13.1 Å². The number of benzene rings is 1. The number of nitrogens with one attached hydrogen (secondary N) is 1. The summed E-state index contributed by atoms with van der Waals surface area (Å²) < 4.78 is 30.9. The number of halogens is 1. The van der Waals surface area contributed by atoms with Crippen LogP contribution in [0, 0.1) is 0 Å². The molecule has 0 saturated heterocycles. The van der Waals surface area contributed by atoms with Crippen molar-refractivity contribution in [2.75, 3.05) is 10.8 Å². The van der Waals surface area contributed by atoms with Gasteiger partial charge in [0.25, 0.3) is 0 Å². The molecule has 1 aromatic carbocycles. The highest BCUT2D eigenvalue weighted by atomic mass is 35.5. The van der Waals surface area contributed by atoms with Gasteiger partial charge in [-0.3, -0.25) is 9.10 Å². The topological polar surface area (TPSA) is 78.4 Å². The summed E-state index contributed by atoms with van der Waals surface area (Å²) in [7, 11) is -2.16. The molecule has 0 radical (unpaired) electrons. The first kappa shape index (κ1) is 18.8. The third-order valence-electron chi connectivity index (χ3n) is 4.85. The maximum atomic E-state index is 13.4. The molecule has 0 saturated carbocycles. The molecule has 146 valence electrons. The number of hydrogen-bond donors (Lipinski definition) is 1. The second-order valence-electron chi connectivity index (χ2n) is 6.71. The second kappa shape index (κ2) is 6.80. The normalized spacial score (nSPS) is 16.3. The largest absolute Gasteiger partial charge is 0.359 e. The van der Waals surface area contributed by atoms with E-state index >= 15 is 0 Å². The van der Waals surface area contributed by atoms with Crippen LogP contribution in [0.3, 0.4) is 0 Å². The minimum absolute atomic E-state index is 0.134. The summed E-state index contributed by atoms with van der Waals surface area (Å²) in [6.07, 6.45) is 4.94. The number of hydrogen-bond acceptors (Lipinski definition) is 3. The number of nitrogens with zero attached hydrogens (tertiary/aromatic N) is 3. The average Bonchev–Trinajstić information content (AvgIpc) is 3.12. The minimum atomic E-state index is -3.80. The maximum Gasteiger partial charge on any atom is 0.305 e. The predicted octanol–water partition coefficient (Wildman–Crippen LogP) is 2.77. The zero-order valence-corrected chi connectivity index (χ0v) is 16.8. The molecule has 0 amide bonds. The Morgan fingerprint density at radius 2 is 2.11 bits per heavy atom. The van der Waals surface area contributed by atoms with Gasteiger partial charge in [-0.2, -0.15) is 12.7 Å². The fraction of sp³-hybridized carbons (Fsp3) is 0.211. The molecule has 9 heteroatoms. The van der Waals surface area contributed by atoms with Crippen molar-refractivity contribution in [3.63, 3.8) is 0 Å². The first-order chi connectivity index (χ1) is 13.3. The van der Waals surface area contributed by atoms with Crippen molar-refractivity contribution >= 4 is 38.4 Å². The first-order valence-electron chi connectivity index (χ1n) is 8.65. The van der Waals surface area contributed by atoms with Gasteiger partial charge >= 0.3 is 10.2 Å². The number of anilines is 1. The van der Waals surface area contributed by atoms with Crippen LogP contribution in [0.5, 0.6) is 0 Å². The Bertz CT molecular complexity index is 1250. The van der Waals surface area contributed by atoms with Gasteiger partial charge in [0.05, 0.1) is 22.8 Å². The SMILES string of the molecule is C=CCN1c2c(cc(Cl)c3cc[nH]c23)CN(Cc2ccc(=O)n(C)c2)S1(=O)=O. The zero-order valence-electron chi connectivity index (χ0n) is 15.2. The summed E-state index contributed by atoms with van der Waals surface area (Å²) in [6.45, 7) is 4.17. The van der Waals surface area contributed by atoms with Gasteiger partial charge in [0.1, 0.15) is 0 Å². The molecule has 0 aliphatic carbocycles. The minimum Gasteiger partial charge on any atom is -0.359 e. The third-order valence-corrected chi connectivity index (χ3v) is 6.96. The Hall–Kier alpha value is -2.55. The van der Waals surface area contributed by atoms with E-state index in [1.54, 1.807) is 31.6 Å². The van der Waals surface area contributed by atoms with Gasteiger partial charge in [0.2, 0.25) is 5.56 Å². The van der Waals surface area contributed by atoms with E-state index in [2.05, 4.69) is 11.6 Å². The fourth-order valence-electron chi connectivity index (χ4n) is 3.54. The Balaban J connectivity index is 1.85. The molecule has 7 nitrogen and oxygen atoms in total. The Labute approximate surface area is 167 Å². The number of pyridine rings is 1. The van der Waals surface area contributed by atoms with Gasteiger partial charge in [-0.05, 0) is 23.3 Å². The van der Waals surface area contributed by atoms with Crippen molar-refractivity contribution in [1.82, 2.24) is 13.9 Å². The van der Waals surface area contributed by atoms with E-state index < -0.39 is 10.2 Å². The highest BCUT2D eigenvalue weighted by Gasteiger charge is 2.37. The highest BCUT2D eigenvalue weighted by Crippen LogP contribution is 2.41. The number of rotatable bonds is 4. The van der Waals surface area contributed by atoms with Crippen molar-refractivity contribution in [1.29, 1.82) is 0 Å². The van der Waals surface area contributed by atoms with E-state index in [1.165, 1.54) is 19.2 Å². The molecule has 1 aliphatic rings. The molecule has 0 atom stereocenters. The molecule has 0 fully saturated rings. The Kier molecular flexibility index (Phi) is 4.57. The molecule has 0 bridgehead atoms. The monoisotopic (exact) mass is 418 g/mol. The lowest BCUT2D eigenvalue weighted by Crippen LogP contribution is -2.47. The van der Waals surface area contributed by atoms with Crippen LogP contribution in [0.15, 0.2) is 54.1 Å². The number of aromatic amines is 1. The van der Waals surface area contributed by atoms with Crippen LogP contribution in [0.1, 0.15) is 11.1 Å². The standard InChI is InChI=1S/C19H19ClN4O3S/c1-3-8-24-19-14(9-16(20)15-6-7-21-18(15)19)12-23(28(24,26)27)11-13-4-5-17(25)22(2)10-13/h3-7,9-10,21H,1,8,11-12H2,2H3. The molecule has 2 aromatic heterocycles. The van der Waals surface area contributed by atoms with Crippen LogP contribution >= 0.6 is 11.6 Å². The van der Waals surface area contributed by atoms with E-state index in [0.29, 0.717) is 16.2 Å². The van der Waals surface area contributed by atoms with E-state index in [4.69, 9.17) is 11.6 Å². The molecule has 3 heterocycles. The second-order valence-corrected chi connectivity index (χ2v) is 8.97. The van der Waals surface area contributed by atoms with E-state index in [-0.39, 0.29) is 25.2 Å². The summed E-state index contributed by atoms with van der Waals surface area (Å²) in [5.41, 5.74) is 2.67. The summed E-state index contributed by atoms with van der Waals surface area (Å²) >= 11 is 6.41. The van der Waals surface area contributed by atoms with E-state index in [0.717, 1.165) is 16.5 Å². The molecule has 0 spiro atoms. The average molecular weight is 419 g/mol. The van der Waals surface area contributed by atoms with Crippen molar-refractivity contribution in [2.24, 2.45) is 7.05 Å². The summed E-state index contributed by atoms with van der Waals surface area (Å²) in [4.78, 5) is 14.7. The number of H-pyrrole nitrogens is 1. The van der Waals surface area contributed by atoms with Gasteiger partial charge in [0.15, 0.2) is 0 Å². The summed E-state index contributed by atoms with van der Waals surface area (Å²) in [5.74, 6) is 0. The van der Waals surface area contributed by atoms with Crippen LogP contribution < -0.4 is 9.86 Å². The molecule has 1 N–H and O–H groups in total. The molecule has 4 rings (SSSR count). The smallest absolute Gasteiger partial charge is 0.305 e. The Morgan fingerprint density at radius 3 is 2.82 bits per heavy atom. The zero-order chi connectivity index (χ0) is 20.1. The lowest BCUT2D eigenvalue weighted by atomic mass is 10.1. The molecular weight excluding hydrogens is 400 g/mol. The van der Waals surface area contributed by atoms with Gasteiger partial charge in [-0.25, -0.2) is 0 Å². The third kappa shape index (κ3) is 2.94. The molecule has 0 unspecified atom stereocenters. The van der Waals surface area contributed by atoms with Crippen LogP contribution in [0.2, 0.25) is 5.02 Å². The molecule has 28 heavy (non-hydrogen) atoms. The van der Waals surface area contributed by atoms with Crippen LogP contribution in [0.25, 0.3) is 10.9 Å². The lowest BCUT2D eigenvalue weighted by Gasteiger charge is -2.37. The van der Waals surface area contributed by atoms with Crippen molar-refractivity contribution in [3.8, 4) is 0 Å². The van der Waals surface area contributed by atoms with Gasteiger partial charge in [0, 0.05) is 44.0 Å². The Morgan fingerprint density at radius 1 is 1.32 bits per heavy atom. The van der Waals surface area contributed by atoms with Gasteiger partial charge < -0.3 is 9.55 Å². The quantitative estimate of drug-likeness (QED) is 0.662. The first-order valence-corrected chi connectivity index (χ1v) is 10.4. The van der Waals surface area contributed by atoms with Crippen molar-refractivity contribution < 1.29 is 8.42 Å². The number of aromatic nitrogens is 2. The number of aryl methyl sites for hydroxylation is 1. The highest BCUT2D eigenvalue weighted by molar-refractivity contribution is 7.90. The van der Waals surface area contributed by atoms with E-state index in [1.807, 2.05) is 12.1 Å². The van der Waals surface area contributed by atoms with Crippen LogP contribution in [-0.4, -0.2) is 28.8 Å². The number of fused-ring (bicyclic) bond motifs is 3.